The highest BCUT2D eigenvalue weighted by Gasteiger charge is 2.18. The number of rotatable bonds is 7. The van der Waals surface area contributed by atoms with E-state index >= 15 is 0 Å². The summed E-state index contributed by atoms with van der Waals surface area (Å²) in [6.07, 6.45) is 1.57. The van der Waals surface area contributed by atoms with Gasteiger partial charge in [0.15, 0.2) is 0 Å². The molecule has 0 aliphatic heterocycles. The summed E-state index contributed by atoms with van der Waals surface area (Å²) in [4.78, 5) is 4.16. The van der Waals surface area contributed by atoms with Crippen molar-refractivity contribution >= 4 is 22.3 Å². The Morgan fingerprint density at radius 3 is 2.50 bits per heavy atom. The predicted octanol–water partition coefficient (Wildman–Crippen LogP) is 5.89. The van der Waals surface area contributed by atoms with E-state index in [0.717, 1.165) is 22.2 Å². The highest BCUT2D eigenvalue weighted by molar-refractivity contribution is 5.97. The molecule has 7 heteroatoms. The van der Waals surface area contributed by atoms with E-state index in [1.54, 1.807) is 25.4 Å². The maximum atomic E-state index is 14.2. The first-order chi connectivity index (χ1) is 16.3. The van der Waals surface area contributed by atoms with Gasteiger partial charge in [0.2, 0.25) is 0 Å². The molecule has 0 unspecified atom stereocenters. The largest absolute Gasteiger partial charge is 0.496 e. The first-order valence-corrected chi connectivity index (χ1v) is 11.1. The molecule has 4 rings (SSSR count). The number of aromatic nitrogens is 3. The Labute approximate surface area is 198 Å². The summed E-state index contributed by atoms with van der Waals surface area (Å²) < 4.78 is 19.9. The van der Waals surface area contributed by atoms with Gasteiger partial charge in [0.1, 0.15) is 23.0 Å². The fourth-order valence-electron chi connectivity index (χ4n) is 3.72. The molecule has 34 heavy (non-hydrogen) atoms. The summed E-state index contributed by atoms with van der Waals surface area (Å²) in [5.74, 6) is 0.632. The third-order valence-corrected chi connectivity index (χ3v) is 5.98. The van der Waals surface area contributed by atoms with Crippen LogP contribution in [0, 0.1) is 11.7 Å². The Morgan fingerprint density at radius 1 is 1.06 bits per heavy atom. The molecule has 0 saturated carbocycles. The van der Waals surface area contributed by atoms with Gasteiger partial charge in [-0.1, -0.05) is 32.6 Å². The maximum Gasteiger partial charge on any atom is 0.149 e. The van der Waals surface area contributed by atoms with Crippen LogP contribution < -0.4 is 15.8 Å². The number of nitrogens with one attached hydrogen (secondary N) is 1. The van der Waals surface area contributed by atoms with Crippen molar-refractivity contribution in [2.24, 2.45) is 11.7 Å². The van der Waals surface area contributed by atoms with Gasteiger partial charge in [-0.2, -0.15) is 0 Å². The molecule has 6 nitrogen and oxygen atoms in total. The van der Waals surface area contributed by atoms with Crippen LogP contribution in [0.1, 0.15) is 26.5 Å². The van der Waals surface area contributed by atoms with Gasteiger partial charge in [-0.15, -0.1) is 10.2 Å². The van der Waals surface area contributed by atoms with Crippen LogP contribution >= 0.6 is 0 Å². The van der Waals surface area contributed by atoms with Crippen LogP contribution in [-0.2, 0) is 0 Å². The first-order valence-electron chi connectivity index (χ1n) is 11.1. The Kier molecular flexibility index (Phi) is 6.45. The molecular weight excluding hydrogens is 429 g/mol. The normalized spacial score (nSPS) is 12.1. The molecule has 0 aliphatic rings. The Hall–Kier alpha value is -4.00. The van der Waals surface area contributed by atoms with Crippen molar-refractivity contribution in [1.82, 2.24) is 15.2 Å². The summed E-state index contributed by atoms with van der Waals surface area (Å²) in [7, 11) is 1.59. The Balaban J connectivity index is 1.81. The van der Waals surface area contributed by atoms with Crippen LogP contribution in [0.15, 0.2) is 61.3 Å². The van der Waals surface area contributed by atoms with Crippen LogP contribution in [0.3, 0.4) is 0 Å². The van der Waals surface area contributed by atoms with Gasteiger partial charge in [-0.05, 0) is 54.8 Å². The molecule has 2 heterocycles. The summed E-state index contributed by atoms with van der Waals surface area (Å²) in [5, 5.41) is 13.2. The number of fused-ring (bicyclic) bond motifs is 1. The van der Waals surface area contributed by atoms with Gasteiger partial charge < -0.3 is 15.8 Å². The molecule has 0 bridgehead atoms. The predicted molar refractivity (Wildman–Crippen MR) is 136 cm³/mol. The third-order valence-electron chi connectivity index (χ3n) is 5.98. The molecular formula is C27H28FN5O. The van der Waals surface area contributed by atoms with E-state index in [9.17, 15) is 4.39 Å². The minimum absolute atomic E-state index is 0.199. The quantitative estimate of drug-likeness (QED) is 0.360. The third kappa shape index (κ3) is 4.41. The standard InChI is InChI=1S/C27H28FN5O/c1-15(2)17(4)31-27-21-11-8-18(13-23(21)32-33-25(27)16(3)29)20-10-9-19(14-24(20)34-5)26-22(28)7-6-12-30-26/h6-15,17H,3,29H2,1-2,4-5H3,(H,31,32)/t17-/m0/s1. The number of nitrogens with two attached hydrogens (primary N) is 1. The molecule has 174 valence electrons. The smallest absolute Gasteiger partial charge is 0.149 e. The topological polar surface area (TPSA) is 86.0 Å². The number of hydrogen-bond donors (Lipinski definition) is 2. The Morgan fingerprint density at radius 2 is 1.82 bits per heavy atom. The van der Waals surface area contributed by atoms with Crippen LogP contribution in [0.5, 0.6) is 5.75 Å². The van der Waals surface area contributed by atoms with Gasteiger partial charge in [-0.25, -0.2) is 4.39 Å². The van der Waals surface area contributed by atoms with E-state index in [2.05, 4.69) is 47.8 Å². The fourth-order valence-corrected chi connectivity index (χ4v) is 3.72. The molecule has 4 aromatic rings. The number of nitrogens with zero attached hydrogens (tertiary/aromatic N) is 3. The highest BCUT2D eigenvalue weighted by Crippen LogP contribution is 2.37. The monoisotopic (exact) mass is 457 g/mol. The molecule has 0 radical (unpaired) electrons. The molecule has 0 fully saturated rings. The number of pyridine rings is 1. The van der Waals surface area contributed by atoms with E-state index in [1.807, 2.05) is 30.3 Å². The lowest BCUT2D eigenvalue weighted by atomic mass is 9.98. The van der Waals surface area contributed by atoms with E-state index in [-0.39, 0.29) is 17.6 Å². The van der Waals surface area contributed by atoms with E-state index < -0.39 is 0 Å². The summed E-state index contributed by atoms with van der Waals surface area (Å²) >= 11 is 0. The van der Waals surface area contributed by atoms with Crippen LogP contribution in [0.2, 0.25) is 0 Å². The van der Waals surface area contributed by atoms with Gasteiger partial charge >= 0.3 is 0 Å². The van der Waals surface area contributed by atoms with E-state index in [0.29, 0.717) is 34.1 Å². The number of hydrogen-bond acceptors (Lipinski definition) is 6. The van der Waals surface area contributed by atoms with Crippen molar-refractivity contribution in [2.75, 3.05) is 12.4 Å². The molecule has 0 saturated heterocycles. The van der Waals surface area contributed by atoms with Crippen molar-refractivity contribution in [2.45, 2.75) is 26.8 Å². The molecule has 2 aromatic heterocycles. The fraction of sp³-hybridized carbons (Fsp3) is 0.222. The highest BCUT2D eigenvalue weighted by atomic mass is 19.1. The lowest BCUT2D eigenvalue weighted by Gasteiger charge is -2.22. The molecule has 0 spiro atoms. The Bertz CT molecular complexity index is 1370. The lowest BCUT2D eigenvalue weighted by molar-refractivity contribution is 0.416. The van der Waals surface area contributed by atoms with Gasteiger partial charge in [0.25, 0.3) is 0 Å². The average molecular weight is 458 g/mol. The van der Waals surface area contributed by atoms with E-state index in [4.69, 9.17) is 10.5 Å². The van der Waals surface area contributed by atoms with Crippen molar-refractivity contribution < 1.29 is 9.13 Å². The maximum absolute atomic E-state index is 14.2. The van der Waals surface area contributed by atoms with E-state index in [1.165, 1.54) is 6.07 Å². The molecule has 0 aliphatic carbocycles. The first kappa shape index (κ1) is 23.2. The van der Waals surface area contributed by atoms with Crippen molar-refractivity contribution in [3.63, 3.8) is 0 Å². The van der Waals surface area contributed by atoms with Gasteiger partial charge in [-0.3, -0.25) is 4.98 Å². The molecule has 2 aromatic carbocycles. The van der Waals surface area contributed by atoms with Crippen LogP contribution in [0.25, 0.3) is 39.0 Å². The SMILES string of the molecule is C=C(N)c1nnc2cc(-c3ccc(-c4ncccc4F)cc3OC)ccc2c1N[C@@H](C)C(C)C. The van der Waals surface area contributed by atoms with Crippen LogP contribution in [-0.4, -0.2) is 28.3 Å². The zero-order chi connectivity index (χ0) is 24.4. The van der Waals surface area contributed by atoms with Crippen molar-refractivity contribution in [3.8, 4) is 28.1 Å². The zero-order valence-electron chi connectivity index (χ0n) is 19.8. The lowest BCUT2D eigenvalue weighted by Crippen LogP contribution is -2.23. The number of ether oxygens (including phenoxy) is 1. The van der Waals surface area contributed by atoms with Crippen molar-refractivity contribution in [3.05, 3.63) is 72.8 Å². The van der Waals surface area contributed by atoms with Crippen LogP contribution in [0.4, 0.5) is 10.1 Å². The molecule has 0 amide bonds. The average Bonchev–Trinajstić information content (AvgIpc) is 2.83. The second kappa shape index (κ2) is 9.47. The number of anilines is 1. The number of benzene rings is 2. The zero-order valence-corrected chi connectivity index (χ0v) is 19.8. The van der Waals surface area contributed by atoms with Crippen molar-refractivity contribution in [1.29, 1.82) is 0 Å². The number of halogens is 1. The minimum atomic E-state index is -0.383. The minimum Gasteiger partial charge on any atom is -0.496 e. The molecule has 3 N–H and O–H groups in total. The van der Waals surface area contributed by atoms with Gasteiger partial charge in [0.05, 0.1) is 24.0 Å². The summed E-state index contributed by atoms with van der Waals surface area (Å²) in [6, 6.07) is 14.6. The second-order valence-corrected chi connectivity index (χ2v) is 8.61. The molecule has 1 atom stereocenters. The number of methoxy groups -OCH3 is 1. The second-order valence-electron chi connectivity index (χ2n) is 8.61. The van der Waals surface area contributed by atoms with Gasteiger partial charge in [0, 0.05) is 28.8 Å². The summed E-state index contributed by atoms with van der Waals surface area (Å²) in [5.41, 5.74) is 11.1. The summed E-state index contributed by atoms with van der Waals surface area (Å²) in [6.45, 7) is 10.3.